The van der Waals surface area contributed by atoms with E-state index in [1.165, 1.54) is 0 Å². The van der Waals surface area contributed by atoms with Crippen molar-refractivity contribution < 1.29 is 9.47 Å². The molecule has 0 spiro atoms. The fourth-order valence-electron chi connectivity index (χ4n) is 3.39. The average molecular weight is 482 g/mol. The highest BCUT2D eigenvalue weighted by atomic mass is 35.5. The number of hydrogen-bond acceptors (Lipinski definition) is 8. The first-order chi connectivity index (χ1) is 16.0. The maximum absolute atomic E-state index is 6.14. The third-order valence-electron chi connectivity index (χ3n) is 4.99. The lowest BCUT2D eigenvalue weighted by molar-refractivity contribution is 0.261. The maximum atomic E-state index is 6.14. The first-order valence-corrected chi connectivity index (χ1v) is 10.5. The molecule has 9 nitrogen and oxygen atoms in total. The Morgan fingerprint density at radius 1 is 1.06 bits per heavy atom. The summed E-state index contributed by atoms with van der Waals surface area (Å²) in [6, 6.07) is 15.4. The van der Waals surface area contributed by atoms with Crippen molar-refractivity contribution in [2.75, 3.05) is 45.4 Å². The molecule has 0 saturated heterocycles. The summed E-state index contributed by atoms with van der Waals surface area (Å²) >= 11 is 0. The normalized spacial score (nSPS) is 10.6. The highest BCUT2D eigenvalue weighted by Gasteiger charge is 2.19. The third-order valence-corrected chi connectivity index (χ3v) is 4.99. The van der Waals surface area contributed by atoms with E-state index in [4.69, 9.17) is 15.2 Å². The molecular weight excluding hydrogens is 454 g/mol. The SMILES string of the molecule is COc1ccccc1Nc1nc(N)nc(-c2cccc(OCCN(C)C)c2)c1-c1cn[nH]c1.Cl. The fourth-order valence-corrected chi connectivity index (χ4v) is 3.39. The predicted molar refractivity (Wildman–Crippen MR) is 137 cm³/mol. The second kappa shape index (κ2) is 11.4. The molecule has 2 aromatic heterocycles. The van der Waals surface area contributed by atoms with Gasteiger partial charge < -0.3 is 25.4 Å². The highest BCUT2D eigenvalue weighted by Crippen LogP contribution is 2.39. The minimum atomic E-state index is 0. The van der Waals surface area contributed by atoms with Crippen LogP contribution < -0.4 is 20.5 Å². The number of rotatable bonds is 9. The van der Waals surface area contributed by atoms with E-state index in [2.05, 4.69) is 30.4 Å². The number of aromatic amines is 1. The second-order valence-corrected chi connectivity index (χ2v) is 7.65. The van der Waals surface area contributed by atoms with Gasteiger partial charge in [0.15, 0.2) is 0 Å². The van der Waals surface area contributed by atoms with Crippen molar-refractivity contribution in [3.05, 3.63) is 60.9 Å². The predicted octanol–water partition coefficient (Wildman–Crippen LogP) is 4.23. The molecule has 0 bridgehead atoms. The molecule has 2 aromatic carbocycles. The molecule has 4 aromatic rings. The molecule has 0 atom stereocenters. The Hall–Kier alpha value is -3.82. The van der Waals surface area contributed by atoms with E-state index < -0.39 is 0 Å². The van der Waals surface area contributed by atoms with Crippen molar-refractivity contribution >= 4 is 29.9 Å². The van der Waals surface area contributed by atoms with Crippen molar-refractivity contribution in [1.82, 2.24) is 25.1 Å². The largest absolute Gasteiger partial charge is 0.495 e. The summed E-state index contributed by atoms with van der Waals surface area (Å²) in [6.45, 7) is 1.40. The molecule has 0 amide bonds. The summed E-state index contributed by atoms with van der Waals surface area (Å²) in [7, 11) is 5.65. The Morgan fingerprint density at radius 3 is 2.62 bits per heavy atom. The number of H-pyrrole nitrogens is 1. The van der Waals surface area contributed by atoms with Gasteiger partial charge in [-0.2, -0.15) is 10.1 Å². The Labute approximate surface area is 204 Å². The number of benzene rings is 2. The third kappa shape index (κ3) is 5.75. The number of halogens is 1. The number of nitrogens with one attached hydrogen (secondary N) is 2. The number of anilines is 3. The summed E-state index contributed by atoms with van der Waals surface area (Å²) in [6.07, 6.45) is 3.52. The molecule has 0 aliphatic carbocycles. The number of aromatic nitrogens is 4. The molecular formula is C24H28ClN7O2. The number of para-hydroxylation sites is 2. The van der Waals surface area contributed by atoms with Gasteiger partial charge in [-0.05, 0) is 38.4 Å². The highest BCUT2D eigenvalue weighted by molar-refractivity contribution is 5.90. The van der Waals surface area contributed by atoms with E-state index >= 15 is 0 Å². The van der Waals surface area contributed by atoms with Crippen molar-refractivity contribution in [2.24, 2.45) is 0 Å². The standard InChI is InChI=1S/C24H27N7O2.ClH/c1-31(2)11-12-33-18-8-6-7-16(13-18)22-21(17-14-26-27-15-17)23(30-24(25)29-22)28-19-9-4-5-10-20(19)32-3;/h4-10,13-15H,11-12H2,1-3H3,(H,26,27)(H3,25,28,29,30);1H. The molecule has 2 heterocycles. The second-order valence-electron chi connectivity index (χ2n) is 7.65. The molecule has 4 N–H and O–H groups in total. The molecule has 0 aliphatic rings. The zero-order chi connectivity index (χ0) is 23.2. The van der Waals surface area contributed by atoms with Gasteiger partial charge in [-0.15, -0.1) is 12.4 Å². The van der Waals surface area contributed by atoms with Crippen molar-refractivity contribution in [2.45, 2.75) is 0 Å². The lowest BCUT2D eigenvalue weighted by Gasteiger charge is -2.17. The Bertz CT molecular complexity index is 1220. The van der Waals surface area contributed by atoms with E-state index in [-0.39, 0.29) is 18.4 Å². The van der Waals surface area contributed by atoms with Crippen molar-refractivity contribution in [1.29, 1.82) is 0 Å². The van der Waals surface area contributed by atoms with E-state index in [9.17, 15) is 0 Å². The van der Waals surface area contributed by atoms with Crippen LogP contribution in [0, 0.1) is 0 Å². The van der Waals surface area contributed by atoms with E-state index in [1.807, 2.05) is 62.6 Å². The van der Waals surface area contributed by atoms with Gasteiger partial charge in [-0.1, -0.05) is 24.3 Å². The number of likely N-dealkylation sites (N-methyl/N-ethyl adjacent to an activating group) is 1. The molecule has 4 rings (SSSR count). The summed E-state index contributed by atoms with van der Waals surface area (Å²) in [5, 5.41) is 10.3. The van der Waals surface area contributed by atoms with Crippen LogP contribution >= 0.6 is 12.4 Å². The van der Waals surface area contributed by atoms with E-state index in [1.54, 1.807) is 19.5 Å². The minimum absolute atomic E-state index is 0. The summed E-state index contributed by atoms with van der Waals surface area (Å²) in [4.78, 5) is 11.2. The lowest BCUT2D eigenvalue weighted by Crippen LogP contribution is -2.19. The number of ether oxygens (including phenoxy) is 2. The quantitative estimate of drug-likeness (QED) is 0.325. The smallest absolute Gasteiger partial charge is 0.222 e. The van der Waals surface area contributed by atoms with Crippen LogP contribution in [-0.2, 0) is 0 Å². The molecule has 0 radical (unpaired) electrons. The molecule has 0 unspecified atom stereocenters. The van der Waals surface area contributed by atoms with Gasteiger partial charge in [0.05, 0.1) is 30.3 Å². The Kier molecular flexibility index (Phi) is 8.29. The number of methoxy groups -OCH3 is 1. The molecule has 34 heavy (non-hydrogen) atoms. The first-order valence-electron chi connectivity index (χ1n) is 10.5. The summed E-state index contributed by atoms with van der Waals surface area (Å²) in [5.41, 5.74) is 10.00. The van der Waals surface area contributed by atoms with Crippen molar-refractivity contribution in [3.63, 3.8) is 0 Å². The zero-order valence-corrected chi connectivity index (χ0v) is 20.1. The number of nitrogen functional groups attached to an aromatic ring is 1. The van der Waals surface area contributed by atoms with Crippen LogP contribution in [0.2, 0.25) is 0 Å². The van der Waals surface area contributed by atoms with Gasteiger partial charge in [-0.25, -0.2) is 4.98 Å². The average Bonchev–Trinajstić information content (AvgIpc) is 3.33. The number of nitrogens with two attached hydrogens (primary N) is 1. The fraction of sp³-hybridized carbons (Fsp3) is 0.208. The monoisotopic (exact) mass is 481 g/mol. The van der Waals surface area contributed by atoms with Crippen LogP contribution in [0.15, 0.2) is 60.9 Å². The van der Waals surface area contributed by atoms with Gasteiger partial charge in [0.1, 0.15) is 23.9 Å². The molecule has 0 saturated carbocycles. The summed E-state index contributed by atoms with van der Waals surface area (Å²) in [5.74, 6) is 2.13. The molecule has 178 valence electrons. The van der Waals surface area contributed by atoms with Crippen LogP contribution in [0.1, 0.15) is 0 Å². The van der Waals surface area contributed by atoms with Crippen LogP contribution in [0.5, 0.6) is 11.5 Å². The van der Waals surface area contributed by atoms with E-state index in [0.717, 1.165) is 34.7 Å². The minimum Gasteiger partial charge on any atom is -0.495 e. The Morgan fingerprint density at radius 2 is 1.88 bits per heavy atom. The lowest BCUT2D eigenvalue weighted by atomic mass is 10.0. The zero-order valence-electron chi connectivity index (χ0n) is 19.3. The van der Waals surface area contributed by atoms with Crippen LogP contribution in [-0.4, -0.2) is 59.4 Å². The summed E-state index contributed by atoms with van der Waals surface area (Å²) < 4.78 is 11.4. The van der Waals surface area contributed by atoms with Crippen LogP contribution in [0.3, 0.4) is 0 Å². The van der Waals surface area contributed by atoms with Gasteiger partial charge in [-0.3, -0.25) is 5.10 Å². The van der Waals surface area contributed by atoms with E-state index in [0.29, 0.717) is 23.9 Å². The van der Waals surface area contributed by atoms with Crippen molar-refractivity contribution in [3.8, 4) is 33.9 Å². The Balaban J connectivity index is 0.00000324. The molecule has 10 heteroatoms. The topological polar surface area (TPSA) is 114 Å². The van der Waals surface area contributed by atoms with Crippen LogP contribution in [0.4, 0.5) is 17.5 Å². The molecule has 0 aliphatic heterocycles. The number of hydrogen-bond donors (Lipinski definition) is 3. The van der Waals surface area contributed by atoms with Gasteiger partial charge in [0.25, 0.3) is 0 Å². The first kappa shape index (κ1) is 24.8. The maximum Gasteiger partial charge on any atom is 0.222 e. The van der Waals surface area contributed by atoms with Crippen LogP contribution in [0.25, 0.3) is 22.4 Å². The molecule has 0 fully saturated rings. The number of nitrogens with zero attached hydrogens (tertiary/aromatic N) is 4. The van der Waals surface area contributed by atoms with Gasteiger partial charge >= 0.3 is 0 Å². The van der Waals surface area contributed by atoms with Gasteiger partial charge in [0.2, 0.25) is 5.95 Å². The van der Waals surface area contributed by atoms with Gasteiger partial charge in [0, 0.05) is 23.9 Å².